The van der Waals surface area contributed by atoms with Gasteiger partial charge in [0.2, 0.25) is 0 Å². The van der Waals surface area contributed by atoms with Gasteiger partial charge in [0.25, 0.3) is 11.8 Å². The van der Waals surface area contributed by atoms with Crippen LogP contribution in [0.15, 0.2) is 96.6 Å². The normalized spacial score (nSPS) is 14.3. The second-order valence-corrected chi connectivity index (χ2v) is 8.31. The number of carbonyl (C=O) groups excluding carboxylic acids is 2. The van der Waals surface area contributed by atoms with Crippen LogP contribution in [0.5, 0.6) is 0 Å². The number of fused-ring (bicyclic) bond motifs is 1. The molecule has 162 valence electrons. The first-order valence-electron chi connectivity index (χ1n) is 10.7. The summed E-state index contributed by atoms with van der Waals surface area (Å²) in [5.74, 6) is -0.662. The number of hydrogen-bond donors (Lipinski definition) is 0. The maximum atomic E-state index is 13.7. The van der Waals surface area contributed by atoms with Crippen LogP contribution in [-0.2, 0) is 23.2 Å². The Kier molecular flexibility index (Phi) is 5.45. The molecule has 0 unspecified atom stereocenters. The van der Waals surface area contributed by atoms with Gasteiger partial charge in [-0.2, -0.15) is 0 Å². The molecule has 0 bridgehead atoms. The molecule has 0 spiro atoms. The SMILES string of the molecule is Cn1c(Cl)c(C2=C(/C=C/c3ccccc3)C(=O)N(Cc3ccccc3)C2=O)c2ccccc21. The van der Waals surface area contributed by atoms with Gasteiger partial charge in [0.05, 0.1) is 17.7 Å². The largest absolute Gasteiger partial charge is 0.334 e. The Morgan fingerprint density at radius 1 is 0.788 bits per heavy atom. The van der Waals surface area contributed by atoms with E-state index in [2.05, 4.69) is 0 Å². The fourth-order valence-corrected chi connectivity index (χ4v) is 4.53. The van der Waals surface area contributed by atoms with Crippen molar-refractivity contribution in [2.45, 2.75) is 6.54 Å². The standard InChI is InChI=1S/C28H21ClN2O2/c1-30-23-15-9-8-14-21(23)24(26(30)29)25-22(17-16-19-10-4-2-5-11-19)27(32)31(28(25)33)18-20-12-6-3-7-13-20/h2-17H,18H2,1H3/b17-16+. The summed E-state index contributed by atoms with van der Waals surface area (Å²) < 4.78 is 1.84. The minimum Gasteiger partial charge on any atom is -0.334 e. The molecule has 0 radical (unpaired) electrons. The monoisotopic (exact) mass is 452 g/mol. The van der Waals surface area contributed by atoms with E-state index in [1.807, 2.05) is 103 Å². The van der Waals surface area contributed by atoms with Crippen LogP contribution < -0.4 is 0 Å². The molecule has 0 fully saturated rings. The maximum Gasteiger partial charge on any atom is 0.262 e. The van der Waals surface area contributed by atoms with Crippen LogP contribution in [0.3, 0.4) is 0 Å². The van der Waals surface area contributed by atoms with E-state index in [0.717, 1.165) is 22.0 Å². The summed E-state index contributed by atoms with van der Waals surface area (Å²) in [6, 6.07) is 26.9. The lowest BCUT2D eigenvalue weighted by Gasteiger charge is -2.15. The maximum absolute atomic E-state index is 13.7. The number of nitrogens with zero attached hydrogens (tertiary/aromatic N) is 2. The van der Waals surface area contributed by atoms with Crippen molar-refractivity contribution in [1.29, 1.82) is 0 Å². The summed E-state index contributed by atoms with van der Waals surface area (Å²) >= 11 is 6.74. The zero-order chi connectivity index (χ0) is 22.9. The number of halogens is 1. The number of hydrogen-bond acceptors (Lipinski definition) is 2. The number of aryl methyl sites for hydroxylation is 1. The highest BCUT2D eigenvalue weighted by atomic mass is 35.5. The fraction of sp³-hybridized carbons (Fsp3) is 0.0714. The van der Waals surface area contributed by atoms with Crippen LogP contribution in [0.4, 0.5) is 0 Å². The molecule has 2 amide bonds. The Morgan fingerprint density at radius 3 is 2.15 bits per heavy atom. The highest BCUT2D eigenvalue weighted by Crippen LogP contribution is 2.40. The molecular formula is C28H21ClN2O2. The van der Waals surface area contributed by atoms with Crippen molar-refractivity contribution in [3.05, 3.63) is 118 Å². The van der Waals surface area contributed by atoms with Crippen LogP contribution in [0.25, 0.3) is 22.6 Å². The Balaban J connectivity index is 1.68. The van der Waals surface area contributed by atoms with E-state index in [1.165, 1.54) is 4.90 Å². The molecule has 0 N–H and O–H groups in total. The van der Waals surface area contributed by atoms with Crippen molar-refractivity contribution in [3.8, 4) is 0 Å². The summed E-state index contributed by atoms with van der Waals surface area (Å²) in [5.41, 5.74) is 4.00. The first kappa shape index (κ1) is 21.0. The molecule has 5 rings (SSSR count). The number of benzene rings is 3. The lowest BCUT2D eigenvalue weighted by Crippen LogP contribution is -2.31. The van der Waals surface area contributed by atoms with Crippen molar-refractivity contribution in [1.82, 2.24) is 9.47 Å². The van der Waals surface area contributed by atoms with Crippen molar-refractivity contribution in [2.24, 2.45) is 7.05 Å². The predicted octanol–water partition coefficient (Wildman–Crippen LogP) is 5.87. The molecule has 0 saturated carbocycles. The molecule has 5 heteroatoms. The highest BCUT2D eigenvalue weighted by molar-refractivity contribution is 6.42. The first-order valence-corrected chi connectivity index (χ1v) is 11.0. The van der Waals surface area contributed by atoms with E-state index in [9.17, 15) is 9.59 Å². The van der Waals surface area contributed by atoms with E-state index in [4.69, 9.17) is 11.6 Å². The van der Waals surface area contributed by atoms with Gasteiger partial charge in [0.15, 0.2) is 0 Å². The van der Waals surface area contributed by atoms with E-state index in [0.29, 0.717) is 21.9 Å². The fourth-order valence-electron chi connectivity index (χ4n) is 4.24. The van der Waals surface area contributed by atoms with Crippen LogP contribution in [-0.4, -0.2) is 21.3 Å². The lowest BCUT2D eigenvalue weighted by atomic mass is 10.00. The van der Waals surface area contributed by atoms with Gasteiger partial charge in [-0.1, -0.05) is 96.5 Å². The molecule has 1 aromatic heterocycles. The van der Waals surface area contributed by atoms with Crippen molar-refractivity contribution < 1.29 is 9.59 Å². The Bertz CT molecular complexity index is 1430. The molecule has 1 aliphatic rings. The van der Waals surface area contributed by atoms with Gasteiger partial charge < -0.3 is 4.57 Å². The van der Waals surface area contributed by atoms with Crippen molar-refractivity contribution in [2.75, 3.05) is 0 Å². The molecular weight excluding hydrogens is 432 g/mol. The number of amides is 2. The highest BCUT2D eigenvalue weighted by Gasteiger charge is 2.39. The Hall–Kier alpha value is -3.89. The number of aromatic nitrogens is 1. The summed E-state index contributed by atoms with van der Waals surface area (Å²) in [6.45, 7) is 0.201. The van der Waals surface area contributed by atoms with Gasteiger partial charge in [0.1, 0.15) is 5.15 Å². The smallest absolute Gasteiger partial charge is 0.262 e. The van der Waals surface area contributed by atoms with Crippen molar-refractivity contribution in [3.63, 3.8) is 0 Å². The van der Waals surface area contributed by atoms with E-state index in [1.54, 1.807) is 6.08 Å². The van der Waals surface area contributed by atoms with Gasteiger partial charge in [-0.3, -0.25) is 14.5 Å². The molecule has 0 saturated heterocycles. The third-order valence-corrected chi connectivity index (χ3v) is 6.36. The Labute approximate surface area is 197 Å². The second-order valence-electron chi connectivity index (χ2n) is 7.96. The predicted molar refractivity (Wildman–Crippen MR) is 132 cm³/mol. The topological polar surface area (TPSA) is 42.3 Å². The lowest BCUT2D eigenvalue weighted by molar-refractivity contribution is -0.137. The third-order valence-electron chi connectivity index (χ3n) is 5.91. The second kappa shape index (κ2) is 8.57. The number of imide groups is 1. The zero-order valence-electron chi connectivity index (χ0n) is 18.0. The molecule has 33 heavy (non-hydrogen) atoms. The van der Waals surface area contributed by atoms with E-state index in [-0.39, 0.29) is 18.4 Å². The minimum atomic E-state index is -0.338. The van der Waals surface area contributed by atoms with Gasteiger partial charge >= 0.3 is 0 Å². The quantitative estimate of drug-likeness (QED) is 0.355. The summed E-state index contributed by atoms with van der Waals surface area (Å²) in [4.78, 5) is 28.5. The average molecular weight is 453 g/mol. The molecule has 4 nitrogen and oxygen atoms in total. The molecule has 0 aliphatic carbocycles. The van der Waals surface area contributed by atoms with Crippen LogP contribution in [0.1, 0.15) is 16.7 Å². The number of carbonyl (C=O) groups is 2. The molecule has 1 aliphatic heterocycles. The minimum absolute atomic E-state index is 0.201. The van der Waals surface area contributed by atoms with E-state index < -0.39 is 0 Å². The Morgan fingerprint density at radius 2 is 1.42 bits per heavy atom. The average Bonchev–Trinajstić information content (AvgIpc) is 3.23. The summed E-state index contributed by atoms with van der Waals surface area (Å²) in [7, 11) is 1.86. The van der Waals surface area contributed by atoms with Crippen LogP contribution in [0.2, 0.25) is 5.15 Å². The molecule has 2 heterocycles. The van der Waals surface area contributed by atoms with Gasteiger partial charge in [-0.15, -0.1) is 0 Å². The van der Waals surface area contributed by atoms with Gasteiger partial charge in [0, 0.05) is 23.5 Å². The summed E-state index contributed by atoms with van der Waals surface area (Å²) in [5, 5.41) is 1.27. The number of para-hydroxylation sites is 1. The number of rotatable bonds is 5. The molecule has 3 aromatic carbocycles. The van der Waals surface area contributed by atoms with Crippen LogP contribution >= 0.6 is 11.6 Å². The zero-order valence-corrected chi connectivity index (χ0v) is 18.8. The first-order chi connectivity index (χ1) is 16.1. The van der Waals surface area contributed by atoms with Gasteiger partial charge in [-0.05, 0) is 23.3 Å². The van der Waals surface area contributed by atoms with Crippen molar-refractivity contribution >= 4 is 46.0 Å². The van der Waals surface area contributed by atoms with E-state index >= 15 is 0 Å². The molecule has 0 atom stereocenters. The third kappa shape index (κ3) is 3.69. The summed E-state index contributed by atoms with van der Waals surface area (Å²) in [6.07, 6.45) is 3.58. The van der Waals surface area contributed by atoms with Gasteiger partial charge in [-0.25, -0.2) is 0 Å². The van der Waals surface area contributed by atoms with Crippen LogP contribution in [0, 0.1) is 0 Å². The molecule has 4 aromatic rings.